The lowest BCUT2D eigenvalue weighted by molar-refractivity contribution is 0.298. The minimum absolute atomic E-state index is 0.475. The fourth-order valence-corrected chi connectivity index (χ4v) is 2.57. The lowest BCUT2D eigenvalue weighted by atomic mass is 10.2. The van der Waals surface area contributed by atoms with Crippen LogP contribution in [0, 0.1) is 0 Å². The van der Waals surface area contributed by atoms with Gasteiger partial charge in [0.2, 0.25) is 5.88 Å². The highest BCUT2D eigenvalue weighted by atomic mass is 79.9. The molecule has 0 unspecified atom stereocenters. The molecule has 0 fully saturated rings. The Bertz CT molecular complexity index is 756. The molecule has 4 heteroatoms. The maximum Gasteiger partial charge on any atom is 0.221 e. The molecule has 0 amide bonds. The van der Waals surface area contributed by atoms with E-state index in [1.54, 1.807) is 13.3 Å². The van der Waals surface area contributed by atoms with Gasteiger partial charge in [-0.1, -0.05) is 30.3 Å². The average Bonchev–Trinajstić information content (AvgIpc) is 2.55. The number of aromatic nitrogens is 1. The van der Waals surface area contributed by atoms with Crippen LogP contribution in [0.3, 0.4) is 0 Å². The molecule has 106 valence electrons. The molecule has 0 aliphatic carbocycles. The molecule has 1 heterocycles. The van der Waals surface area contributed by atoms with Gasteiger partial charge in [0.15, 0.2) is 0 Å². The number of pyridine rings is 1. The number of nitrogens with zero attached hydrogens (tertiary/aromatic N) is 1. The van der Waals surface area contributed by atoms with Crippen LogP contribution < -0.4 is 9.47 Å². The lowest BCUT2D eigenvalue weighted by Gasteiger charge is -2.09. The number of ether oxygens (including phenoxy) is 2. The summed E-state index contributed by atoms with van der Waals surface area (Å²) in [5.41, 5.74) is 1.07. The normalized spacial score (nSPS) is 10.6. The molecule has 1 aromatic heterocycles. The second kappa shape index (κ2) is 6.14. The number of benzene rings is 2. The zero-order valence-electron chi connectivity index (χ0n) is 11.5. The van der Waals surface area contributed by atoms with E-state index in [2.05, 4.69) is 20.9 Å². The summed E-state index contributed by atoms with van der Waals surface area (Å²) in [7, 11) is 1.66. The van der Waals surface area contributed by atoms with Crippen molar-refractivity contribution < 1.29 is 9.47 Å². The Morgan fingerprint density at radius 3 is 2.43 bits per heavy atom. The molecule has 0 aliphatic rings. The molecule has 0 saturated heterocycles. The van der Waals surface area contributed by atoms with Gasteiger partial charge in [-0.05, 0) is 39.7 Å². The SMILES string of the molecule is COc1ccc(COc2ncc(Br)c3ccccc23)cc1. The Morgan fingerprint density at radius 2 is 1.71 bits per heavy atom. The van der Waals surface area contributed by atoms with E-state index in [9.17, 15) is 0 Å². The molecule has 0 atom stereocenters. The molecule has 2 aromatic carbocycles. The number of fused-ring (bicyclic) bond motifs is 1. The van der Waals surface area contributed by atoms with Crippen LogP contribution in [0.15, 0.2) is 59.2 Å². The van der Waals surface area contributed by atoms with Crippen LogP contribution in [0.1, 0.15) is 5.56 Å². The van der Waals surface area contributed by atoms with Crippen molar-refractivity contribution in [2.45, 2.75) is 6.61 Å². The maximum atomic E-state index is 5.86. The lowest BCUT2D eigenvalue weighted by Crippen LogP contribution is -1.98. The van der Waals surface area contributed by atoms with Gasteiger partial charge in [-0.15, -0.1) is 0 Å². The molecule has 0 N–H and O–H groups in total. The highest BCUT2D eigenvalue weighted by Gasteiger charge is 2.06. The van der Waals surface area contributed by atoms with Gasteiger partial charge in [-0.25, -0.2) is 4.98 Å². The van der Waals surface area contributed by atoms with Crippen molar-refractivity contribution in [3.05, 3.63) is 64.8 Å². The topological polar surface area (TPSA) is 31.4 Å². The molecule has 0 spiro atoms. The van der Waals surface area contributed by atoms with Crippen molar-refractivity contribution in [3.63, 3.8) is 0 Å². The molecular formula is C17H14BrNO2. The molecule has 21 heavy (non-hydrogen) atoms. The summed E-state index contributed by atoms with van der Waals surface area (Å²) in [5.74, 6) is 1.48. The number of hydrogen-bond acceptors (Lipinski definition) is 3. The van der Waals surface area contributed by atoms with E-state index in [4.69, 9.17) is 9.47 Å². The van der Waals surface area contributed by atoms with E-state index < -0.39 is 0 Å². The summed E-state index contributed by atoms with van der Waals surface area (Å²) < 4.78 is 12.0. The van der Waals surface area contributed by atoms with Crippen LogP contribution in [0.2, 0.25) is 0 Å². The Hall–Kier alpha value is -2.07. The van der Waals surface area contributed by atoms with Gasteiger partial charge < -0.3 is 9.47 Å². The Kier molecular flexibility index (Phi) is 4.06. The first-order chi connectivity index (χ1) is 10.3. The number of hydrogen-bond donors (Lipinski definition) is 0. The van der Waals surface area contributed by atoms with E-state index >= 15 is 0 Å². The number of methoxy groups -OCH3 is 1. The molecule has 3 rings (SSSR count). The number of halogens is 1. The van der Waals surface area contributed by atoms with E-state index in [0.717, 1.165) is 26.6 Å². The second-order valence-electron chi connectivity index (χ2n) is 4.59. The van der Waals surface area contributed by atoms with Crippen molar-refractivity contribution in [2.75, 3.05) is 7.11 Å². The maximum absolute atomic E-state index is 5.86. The Labute approximate surface area is 131 Å². The van der Waals surface area contributed by atoms with Crippen LogP contribution in [0.25, 0.3) is 10.8 Å². The second-order valence-corrected chi connectivity index (χ2v) is 5.45. The molecule has 0 saturated carbocycles. The summed E-state index contributed by atoms with van der Waals surface area (Å²) in [4.78, 5) is 4.36. The van der Waals surface area contributed by atoms with Gasteiger partial charge >= 0.3 is 0 Å². The molecular weight excluding hydrogens is 330 g/mol. The van der Waals surface area contributed by atoms with Crippen LogP contribution in [-0.4, -0.2) is 12.1 Å². The van der Waals surface area contributed by atoms with Crippen molar-refractivity contribution in [2.24, 2.45) is 0 Å². The van der Waals surface area contributed by atoms with Gasteiger partial charge in [0.1, 0.15) is 12.4 Å². The van der Waals surface area contributed by atoms with Gasteiger partial charge in [-0.3, -0.25) is 0 Å². The highest BCUT2D eigenvalue weighted by Crippen LogP contribution is 2.29. The molecule has 0 aliphatic heterocycles. The fourth-order valence-electron chi connectivity index (χ4n) is 2.12. The zero-order valence-corrected chi connectivity index (χ0v) is 13.1. The third-order valence-corrected chi connectivity index (χ3v) is 3.88. The molecule has 3 nitrogen and oxygen atoms in total. The van der Waals surface area contributed by atoms with E-state index in [-0.39, 0.29) is 0 Å². The van der Waals surface area contributed by atoms with Gasteiger partial charge in [0, 0.05) is 21.4 Å². The van der Waals surface area contributed by atoms with E-state index in [0.29, 0.717) is 12.5 Å². The predicted molar refractivity (Wildman–Crippen MR) is 86.8 cm³/mol. The van der Waals surface area contributed by atoms with Crippen LogP contribution in [-0.2, 0) is 6.61 Å². The van der Waals surface area contributed by atoms with Crippen LogP contribution >= 0.6 is 15.9 Å². The van der Waals surface area contributed by atoms with E-state index in [1.165, 1.54) is 0 Å². The number of rotatable bonds is 4. The van der Waals surface area contributed by atoms with Crippen molar-refractivity contribution in [1.82, 2.24) is 4.98 Å². The monoisotopic (exact) mass is 343 g/mol. The fraction of sp³-hybridized carbons (Fsp3) is 0.118. The molecule has 3 aromatic rings. The van der Waals surface area contributed by atoms with Crippen molar-refractivity contribution in [1.29, 1.82) is 0 Å². The Balaban J connectivity index is 1.83. The van der Waals surface area contributed by atoms with Gasteiger partial charge in [-0.2, -0.15) is 0 Å². The Morgan fingerprint density at radius 1 is 1.00 bits per heavy atom. The minimum Gasteiger partial charge on any atom is -0.497 e. The third-order valence-electron chi connectivity index (χ3n) is 3.24. The van der Waals surface area contributed by atoms with Gasteiger partial charge in [0.05, 0.1) is 7.11 Å². The van der Waals surface area contributed by atoms with Crippen LogP contribution in [0.4, 0.5) is 0 Å². The van der Waals surface area contributed by atoms with Crippen molar-refractivity contribution in [3.8, 4) is 11.6 Å². The molecule has 0 radical (unpaired) electrons. The van der Waals surface area contributed by atoms with Gasteiger partial charge in [0.25, 0.3) is 0 Å². The summed E-state index contributed by atoms with van der Waals surface area (Å²) in [5, 5.41) is 2.10. The quantitative estimate of drug-likeness (QED) is 0.694. The van der Waals surface area contributed by atoms with Crippen LogP contribution in [0.5, 0.6) is 11.6 Å². The van der Waals surface area contributed by atoms with E-state index in [1.807, 2.05) is 48.5 Å². The first-order valence-electron chi connectivity index (χ1n) is 6.57. The summed E-state index contributed by atoms with van der Waals surface area (Å²) in [6.07, 6.45) is 1.77. The predicted octanol–water partition coefficient (Wildman–Crippen LogP) is 4.58. The molecule has 0 bridgehead atoms. The average molecular weight is 344 g/mol. The highest BCUT2D eigenvalue weighted by molar-refractivity contribution is 9.10. The first-order valence-corrected chi connectivity index (χ1v) is 7.36. The zero-order chi connectivity index (χ0) is 14.7. The standard InChI is InChI=1S/C17H14BrNO2/c1-20-13-8-6-12(7-9-13)11-21-17-15-5-3-2-4-14(15)16(18)10-19-17/h2-10H,11H2,1H3. The van der Waals surface area contributed by atoms with Crippen molar-refractivity contribution >= 4 is 26.7 Å². The third kappa shape index (κ3) is 3.00. The minimum atomic E-state index is 0.475. The summed E-state index contributed by atoms with van der Waals surface area (Å²) in [6, 6.07) is 15.9. The smallest absolute Gasteiger partial charge is 0.221 e. The summed E-state index contributed by atoms with van der Waals surface area (Å²) in [6.45, 7) is 0.475. The first kappa shape index (κ1) is 13.9. The summed E-state index contributed by atoms with van der Waals surface area (Å²) >= 11 is 3.51. The largest absolute Gasteiger partial charge is 0.497 e.